The molecule has 16 heteroatoms. The van der Waals surface area contributed by atoms with Crippen molar-refractivity contribution in [2.75, 3.05) is 47.8 Å². The van der Waals surface area contributed by atoms with Gasteiger partial charge in [-0.2, -0.15) is 5.10 Å². The van der Waals surface area contributed by atoms with Gasteiger partial charge in [-0.15, -0.1) is 0 Å². The lowest BCUT2D eigenvalue weighted by Crippen LogP contribution is -2.49. The molecule has 74 heavy (non-hydrogen) atoms. The molecule has 4 aliphatic rings. The SMILES string of the molecule is Cc1c(OC2CCC(CCC[C@@H](C)N3CCN(c4cccc5c(C6CCC(=O)NC6=O)nn(C)c45)CC3)CC2)cccc1-c1ccc(N2CCc3cccc(C(=O)Nc4nc5ccccc5s4)c3C2)nc1C(=O)O. The van der Waals surface area contributed by atoms with E-state index in [1.807, 2.05) is 91.4 Å². The molecule has 3 aromatic heterocycles. The first-order valence-corrected chi connectivity index (χ1v) is 27.1. The number of aryl methyl sites for hydroxylation is 1. The van der Waals surface area contributed by atoms with Crippen LogP contribution in [0.5, 0.6) is 5.75 Å². The first-order chi connectivity index (χ1) is 35.9. The number of carbonyl (C=O) groups is 4. The minimum atomic E-state index is -1.10. The Morgan fingerprint density at radius 3 is 2.45 bits per heavy atom. The summed E-state index contributed by atoms with van der Waals surface area (Å²) in [6.07, 6.45) is 9.44. The largest absolute Gasteiger partial charge is 0.490 e. The van der Waals surface area contributed by atoms with Crippen molar-refractivity contribution in [3.63, 3.8) is 0 Å². The van der Waals surface area contributed by atoms with Crippen molar-refractivity contribution in [2.24, 2.45) is 13.0 Å². The highest BCUT2D eigenvalue weighted by Crippen LogP contribution is 2.39. The molecule has 0 radical (unpaired) electrons. The molecule has 2 atom stereocenters. The highest BCUT2D eigenvalue weighted by atomic mass is 32.1. The van der Waals surface area contributed by atoms with Crippen molar-refractivity contribution in [1.29, 1.82) is 0 Å². The molecule has 6 heterocycles. The van der Waals surface area contributed by atoms with Gasteiger partial charge in [0.1, 0.15) is 11.6 Å². The van der Waals surface area contributed by atoms with E-state index in [4.69, 9.17) is 14.8 Å². The van der Waals surface area contributed by atoms with Gasteiger partial charge in [0.2, 0.25) is 11.8 Å². The number of imide groups is 1. The van der Waals surface area contributed by atoms with Crippen molar-refractivity contribution in [1.82, 2.24) is 30.0 Å². The summed E-state index contributed by atoms with van der Waals surface area (Å²) in [6, 6.07) is 30.0. The number of ether oxygens (including phenoxy) is 1. The third kappa shape index (κ3) is 9.96. The average Bonchev–Trinajstić information content (AvgIpc) is 3.99. The summed E-state index contributed by atoms with van der Waals surface area (Å²) >= 11 is 1.44. The van der Waals surface area contributed by atoms with E-state index < -0.39 is 11.9 Å². The number of hydrogen-bond acceptors (Lipinski definition) is 12. The molecular weight excluding hydrogens is 951 g/mol. The van der Waals surface area contributed by atoms with Crippen LogP contribution in [0, 0.1) is 12.8 Å². The number of amides is 3. The van der Waals surface area contributed by atoms with Crippen LogP contribution in [-0.2, 0) is 29.6 Å². The number of thiazole rings is 1. The van der Waals surface area contributed by atoms with Crippen LogP contribution in [0.15, 0.2) is 91.0 Å². The summed E-state index contributed by atoms with van der Waals surface area (Å²) < 4.78 is 9.61. The number of aromatic nitrogens is 4. The molecule has 382 valence electrons. The standard InChI is InChI=1S/C58H63N9O6S/c1-35(65-30-32-66(33-31-65)47-17-8-15-43-52(63-64(3)54(43)47)44-25-27-51(68)61-56(44)70)10-6-11-37-20-22-39(23-21-37)73-48-18-9-13-40(36(48)2)41-24-26-50(60-53(41)57(71)72)67-29-28-38-12-7-14-42(45(38)34-67)55(69)62-58-59-46-16-4-5-19-49(46)74-58/h4-5,7-9,12-19,24,26,35,37,39,44H,6,10-11,20-23,25,27-34H2,1-3H3,(H,71,72)(H,59,62,69)(H,61,68,70)/t35-,37?,39?,44?/m1/s1. The molecule has 3 amide bonds. The number of carbonyl (C=O) groups excluding carboxylic acids is 3. The summed E-state index contributed by atoms with van der Waals surface area (Å²) in [5.74, 6) is -0.215. The molecule has 1 aliphatic carbocycles. The number of fused-ring (bicyclic) bond motifs is 3. The van der Waals surface area contributed by atoms with E-state index in [9.17, 15) is 24.3 Å². The van der Waals surface area contributed by atoms with Gasteiger partial charge in [-0.25, -0.2) is 14.8 Å². The number of rotatable bonds is 14. The van der Waals surface area contributed by atoms with Gasteiger partial charge in [0.15, 0.2) is 10.8 Å². The van der Waals surface area contributed by atoms with Gasteiger partial charge >= 0.3 is 5.97 Å². The molecule has 0 bridgehead atoms. The zero-order valence-electron chi connectivity index (χ0n) is 42.3. The van der Waals surface area contributed by atoms with Gasteiger partial charge in [-0.3, -0.25) is 34.6 Å². The minimum Gasteiger partial charge on any atom is -0.490 e. The second kappa shape index (κ2) is 21.0. The van der Waals surface area contributed by atoms with Crippen molar-refractivity contribution in [3.05, 3.63) is 125 Å². The highest BCUT2D eigenvalue weighted by Gasteiger charge is 2.33. The first-order valence-electron chi connectivity index (χ1n) is 26.3. The molecule has 7 aromatic rings. The Kier molecular flexibility index (Phi) is 13.9. The van der Waals surface area contributed by atoms with E-state index in [1.165, 1.54) is 30.6 Å². The lowest BCUT2D eigenvalue weighted by atomic mass is 9.84. The molecule has 3 fully saturated rings. The molecular formula is C58H63N9O6S. The molecule has 1 unspecified atom stereocenters. The number of piperazine rings is 1. The minimum absolute atomic E-state index is 0.0189. The summed E-state index contributed by atoms with van der Waals surface area (Å²) in [5, 5.41) is 22.4. The number of para-hydroxylation sites is 2. The summed E-state index contributed by atoms with van der Waals surface area (Å²) in [7, 11) is 1.95. The smallest absolute Gasteiger partial charge is 0.355 e. The van der Waals surface area contributed by atoms with Crippen LogP contribution in [0.1, 0.15) is 114 Å². The van der Waals surface area contributed by atoms with Crippen LogP contribution in [0.4, 0.5) is 16.6 Å². The Morgan fingerprint density at radius 1 is 0.851 bits per heavy atom. The lowest BCUT2D eigenvalue weighted by molar-refractivity contribution is -0.134. The van der Waals surface area contributed by atoms with E-state index in [2.05, 4.69) is 55.4 Å². The molecule has 3 aliphatic heterocycles. The second-order valence-electron chi connectivity index (χ2n) is 20.6. The summed E-state index contributed by atoms with van der Waals surface area (Å²) in [6.45, 7) is 9.24. The quantitative estimate of drug-likeness (QED) is 0.0881. The Bertz CT molecular complexity index is 3250. The van der Waals surface area contributed by atoms with Gasteiger partial charge in [-0.05, 0) is 129 Å². The predicted molar refractivity (Wildman–Crippen MR) is 289 cm³/mol. The van der Waals surface area contributed by atoms with Crippen LogP contribution in [0.2, 0.25) is 0 Å². The van der Waals surface area contributed by atoms with Crippen LogP contribution in [0.25, 0.3) is 32.2 Å². The molecule has 11 rings (SSSR count). The average molecular weight is 1010 g/mol. The maximum atomic E-state index is 13.7. The van der Waals surface area contributed by atoms with E-state index in [1.54, 1.807) is 0 Å². The van der Waals surface area contributed by atoms with Gasteiger partial charge < -0.3 is 19.6 Å². The number of anilines is 3. The summed E-state index contributed by atoms with van der Waals surface area (Å²) in [4.78, 5) is 67.6. The first kappa shape index (κ1) is 49.1. The molecule has 1 saturated carbocycles. The third-order valence-electron chi connectivity index (χ3n) is 16.1. The van der Waals surface area contributed by atoms with Crippen molar-refractivity contribution >= 4 is 72.8 Å². The number of hydrogen-bond donors (Lipinski definition) is 3. The lowest BCUT2D eigenvalue weighted by Gasteiger charge is -2.39. The zero-order chi connectivity index (χ0) is 51.0. The van der Waals surface area contributed by atoms with Gasteiger partial charge in [0.05, 0.1) is 39.1 Å². The molecule has 3 N–H and O–H groups in total. The highest BCUT2D eigenvalue weighted by molar-refractivity contribution is 7.22. The Morgan fingerprint density at radius 2 is 1.65 bits per heavy atom. The Hall–Kier alpha value is -7.17. The van der Waals surface area contributed by atoms with Crippen molar-refractivity contribution < 1.29 is 29.0 Å². The van der Waals surface area contributed by atoms with Crippen LogP contribution < -0.4 is 25.2 Å². The van der Waals surface area contributed by atoms with Gasteiger partial charge in [-0.1, -0.05) is 72.7 Å². The maximum Gasteiger partial charge on any atom is 0.355 e. The fourth-order valence-electron chi connectivity index (χ4n) is 11.9. The molecule has 4 aromatic carbocycles. The number of pyridine rings is 1. The van der Waals surface area contributed by atoms with E-state index >= 15 is 0 Å². The van der Waals surface area contributed by atoms with Gasteiger partial charge in [0.25, 0.3) is 5.91 Å². The molecule has 15 nitrogen and oxygen atoms in total. The topological polar surface area (TPSA) is 175 Å². The Balaban J connectivity index is 0.664. The third-order valence-corrected chi connectivity index (χ3v) is 17.0. The van der Waals surface area contributed by atoms with Gasteiger partial charge in [0, 0.05) is 75.3 Å². The number of piperidine rings is 1. The molecule has 2 saturated heterocycles. The monoisotopic (exact) mass is 1010 g/mol. The van der Waals surface area contributed by atoms with E-state index in [0.29, 0.717) is 66.4 Å². The number of aromatic carboxylic acids is 1. The number of benzene rings is 4. The molecule has 0 spiro atoms. The number of carboxylic acids is 1. The van der Waals surface area contributed by atoms with Crippen LogP contribution in [-0.4, -0.2) is 98.3 Å². The summed E-state index contributed by atoms with van der Waals surface area (Å²) in [5.41, 5.74) is 8.53. The fourth-order valence-corrected chi connectivity index (χ4v) is 12.8. The number of nitrogens with zero attached hydrogens (tertiary/aromatic N) is 7. The van der Waals surface area contributed by atoms with Crippen molar-refractivity contribution in [2.45, 2.75) is 103 Å². The zero-order valence-corrected chi connectivity index (χ0v) is 43.1. The van der Waals surface area contributed by atoms with Crippen LogP contribution >= 0.6 is 11.3 Å². The van der Waals surface area contributed by atoms with E-state index in [-0.39, 0.29) is 29.5 Å². The normalized spacial score (nSPS) is 19.9. The van der Waals surface area contributed by atoms with Crippen LogP contribution in [0.3, 0.4) is 0 Å². The fraction of sp³-hybridized carbons (Fsp3) is 0.397. The van der Waals surface area contributed by atoms with Crippen molar-refractivity contribution in [3.8, 4) is 16.9 Å². The number of carboxylic acid groups (broad SMARTS) is 1. The number of nitrogens with one attached hydrogen (secondary N) is 2. The Labute approximate surface area is 434 Å². The maximum absolute atomic E-state index is 13.7. The predicted octanol–water partition coefficient (Wildman–Crippen LogP) is 9.91. The van der Waals surface area contributed by atoms with E-state index in [0.717, 1.165) is 112 Å². The second-order valence-corrected chi connectivity index (χ2v) is 21.6.